The average molecular weight is 288 g/mol. The first-order chi connectivity index (χ1) is 10.1. The Morgan fingerprint density at radius 2 is 1.62 bits per heavy atom. The number of rotatable bonds is 3. The van der Waals surface area contributed by atoms with Crippen LogP contribution in [0.15, 0.2) is 47.3 Å². The lowest BCUT2D eigenvalue weighted by Gasteiger charge is -2.04. The third-order valence-electron chi connectivity index (χ3n) is 3.57. The van der Waals surface area contributed by atoms with E-state index in [1.54, 1.807) is 9.13 Å². The summed E-state index contributed by atoms with van der Waals surface area (Å²) in [5, 5.41) is 0. The van der Waals surface area contributed by atoms with Crippen LogP contribution in [0.1, 0.15) is 12.5 Å². The molecule has 0 amide bonds. The maximum atomic E-state index is 13.3. The first-order valence-corrected chi connectivity index (χ1v) is 6.74. The van der Waals surface area contributed by atoms with Gasteiger partial charge < -0.3 is 0 Å². The molecule has 5 heteroatoms. The normalized spacial score (nSPS) is 11.2. The van der Waals surface area contributed by atoms with Gasteiger partial charge >= 0.3 is 5.69 Å². The van der Waals surface area contributed by atoms with Crippen LogP contribution in [0.5, 0.6) is 0 Å². The molecule has 0 aliphatic rings. The Bertz CT molecular complexity index is 864. The average Bonchev–Trinajstić information content (AvgIpc) is 2.75. The van der Waals surface area contributed by atoms with Gasteiger partial charge in [0.05, 0.1) is 17.6 Å². The van der Waals surface area contributed by atoms with Crippen molar-refractivity contribution < 1.29 is 8.78 Å². The molecular weight excluding hydrogens is 274 g/mol. The van der Waals surface area contributed by atoms with Crippen molar-refractivity contribution in [3.63, 3.8) is 0 Å². The molecule has 0 N–H and O–H groups in total. The van der Waals surface area contributed by atoms with Gasteiger partial charge in [0.15, 0.2) is 11.6 Å². The van der Waals surface area contributed by atoms with E-state index in [1.165, 1.54) is 6.07 Å². The molecule has 0 saturated heterocycles. The van der Waals surface area contributed by atoms with Crippen LogP contribution in [0.4, 0.5) is 8.78 Å². The Morgan fingerprint density at radius 3 is 2.24 bits per heavy atom. The van der Waals surface area contributed by atoms with Crippen LogP contribution in [0.3, 0.4) is 0 Å². The number of halogens is 2. The van der Waals surface area contributed by atoms with Crippen molar-refractivity contribution >= 4 is 11.0 Å². The minimum atomic E-state index is -0.903. The molecule has 2 aromatic carbocycles. The summed E-state index contributed by atoms with van der Waals surface area (Å²) in [5.41, 5.74) is 2.03. The van der Waals surface area contributed by atoms with E-state index in [-0.39, 0.29) is 12.2 Å². The van der Waals surface area contributed by atoms with E-state index in [9.17, 15) is 13.6 Å². The summed E-state index contributed by atoms with van der Waals surface area (Å²) in [6, 6.07) is 11.1. The summed E-state index contributed by atoms with van der Waals surface area (Å²) in [5.74, 6) is -1.79. The van der Waals surface area contributed by atoms with Crippen molar-refractivity contribution in [1.29, 1.82) is 0 Å². The zero-order chi connectivity index (χ0) is 15.0. The number of fused-ring (bicyclic) bond motifs is 1. The first-order valence-electron chi connectivity index (χ1n) is 6.74. The third kappa shape index (κ3) is 2.24. The van der Waals surface area contributed by atoms with Crippen LogP contribution in [-0.4, -0.2) is 9.13 Å². The molecule has 1 aromatic heterocycles. The fourth-order valence-electron chi connectivity index (χ4n) is 2.55. The highest BCUT2D eigenvalue weighted by atomic mass is 19.2. The fourth-order valence-corrected chi connectivity index (χ4v) is 2.55. The Balaban J connectivity index is 2.14. The van der Waals surface area contributed by atoms with E-state index in [1.807, 2.05) is 31.2 Å². The van der Waals surface area contributed by atoms with Crippen molar-refractivity contribution in [3.8, 4) is 0 Å². The summed E-state index contributed by atoms with van der Waals surface area (Å²) in [7, 11) is 0. The van der Waals surface area contributed by atoms with Gasteiger partial charge in [0, 0.05) is 6.54 Å². The van der Waals surface area contributed by atoms with Gasteiger partial charge in [-0.15, -0.1) is 0 Å². The molecule has 0 aliphatic heterocycles. The molecule has 1 heterocycles. The van der Waals surface area contributed by atoms with E-state index < -0.39 is 11.6 Å². The summed E-state index contributed by atoms with van der Waals surface area (Å²) in [4.78, 5) is 12.4. The van der Waals surface area contributed by atoms with Crippen LogP contribution in [0.2, 0.25) is 0 Å². The molecule has 0 radical (unpaired) electrons. The van der Waals surface area contributed by atoms with E-state index in [0.717, 1.165) is 23.2 Å². The highest BCUT2D eigenvalue weighted by Crippen LogP contribution is 2.15. The molecule has 108 valence electrons. The highest BCUT2D eigenvalue weighted by molar-refractivity contribution is 5.76. The molecular formula is C16H14F2N2O. The van der Waals surface area contributed by atoms with E-state index in [4.69, 9.17) is 0 Å². The monoisotopic (exact) mass is 288 g/mol. The molecule has 0 saturated carbocycles. The van der Waals surface area contributed by atoms with Crippen LogP contribution in [-0.2, 0) is 13.1 Å². The third-order valence-corrected chi connectivity index (χ3v) is 3.57. The predicted molar refractivity (Wildman–Crippen MR) is 77.3 cm³/mol. The van der Waals surface area contributed by atoms with Crippen LogP contribution >= 0.6 is 0 Å². The van der Waals surface area contributed by atoms with Gasteiger partial charge in [-0.2, -0.15) is 0 Å². The second-order valence-electron chi connectivity index (χ2n) is 4.85. The molecule has 0 atom stereocenters. The minimum absolute atomic E-state index is 0.150. The smallest absolute Gasteiger partial charge is 0.292 e. The van der Waals surface area contributed by atoms with Gasteiger partial charge in [-0.25, -0.2) is 13.6 Å². The highest BCUT2D eigenvalue weighted by Gasteiger charge is 2.12. The Labute approximate surface area is 120 Å². The molecule has 0 bridgehead atoms. The van der Waals surface area contributed by atoms with Crippen molar-refractivity contribution in [2.24, 2.45) is 0 Å². The first kappa shape index (κ1) is 13.5. The lowest BCUT2D eigenvalue weighted by molar-refractivity contribution is 0.506. The van der Waals surface area contributed by atoms with Crippen LogP contribution in [0.25, 0.3) is 11.0 Å². The molecule has 3 aromatic rings. The number of benzene rings is 2. The van der Waals surface area contributed by atoms with Gasteiger partial charge in [0.1, 0.15) is 0 Å². The zero-order valence-corrected chi connectivity index (χ0v) is 11.5. The van der Waals surface area contributed by atoms with Crippen LogP contribution in [0, 0.1) is 11.6 Å². The second kappa shape index (κ2) is 5.16. The van der Waals surface area contributed by atoms with Crippen LogP contribution < -0.4 is 5.69 Å². The van der Waals surface area contributed by atoms with Gasteiger partial charge in [0.25, 0.3) is 0 Å². The molecule has 21 heavy (non-hydrogen) atoms. The number of hydrogen-bond acceptors (Lipinski definition) is 1. The van der Waals surface area contributed by atoms with E-state index in [0.29, 0.717) is 12.1 Å². The number of hydrogen-bond donors (Lipinski definition) is 0. The number of aryl methyl sites for hydroxylation is 1. The lowest BCUT2D eigenvalue weighted by atomic mass is 10.2. The number of para-hydroxylation sites is 2. The number of aromatic nitrogens is 2. The quantitative estimate of drug-likeness (QED) is 0.727. The van der Waals surface area contributed by atoms with Gasteiger partial charge in [-0.1, -0.05) is 18.2 Å². The van der Waals surface area contributed by atoms with Crippen molar-refractivity contribution in [2.45, 2.75) is 20.0 Å². The Morgan fingerprint density at radius 1 is 0.952 bits per heavy atom. The summed E-state index contributed by atoms with van der Waals surface area (Å²) in [6.07, 6.45) is 0. The Hall–Kier alpha value is -2.43. The van der Waals surface area contributed by atoms with Crippen molar-refractivity contribution in [1.82, 2.24) is 9.13 Å². The van der Waals surface area contributed by atoms with Gasteiger partial charge in [-0.3, -0.25) is 9.13 Å². The summed E-state index contributed by atoms with van der Waals surface area (Å²) in [6.45, 7) is 2.67. The summed E-state index contributed by atoms with van der Waals surface area (Å²) < 4.78 is 29.5. The summed E-state index contributed by atoms with van der Waals surface area (Å²) >= 11 is 0. The molecule has 0 spiro atoms. The van der Waals surface area contributed by atoms with E-state index >= 15 is 0 Å². The molecule has 3 rings (SSSR count). The SMILES string of the molecule is CCn1c(=O)n(Cc2ccc(F)c(F)c2)c2ccccc21. The number of nitrogens with zero attached hydrogens (tertiary/aromatic N) is 2. The maximum absolute atomic E-state index is 13.3. The van der Waals surface area contributed by atoms with Crippen molar-refractivity contribution in [3.05, 3.63) is 70.1 Å². The standard InChI is InChI=1S/C16H14F2N2O/c1-2-19-14-5-3-4-6-15(14)20(16(19)21)10-11-7-8-12(17)13(18)9-11/h3-9H,2,10H2,1H3. The molecule has 0 aliphatic carbocycles. The molecule has 0 fully saturated rings. The minimum Gasteiger partial charge on any atom is -0.292 e. The van der Waals surface area contributed by atoms with Gasteiger partial charge in [-0.05, 0) is 36.8 Å². The maximum Gasteiger partial charge on any atom is 0.329 e. The molecule has 0 unspecified atom stereocenters. The number of imidazole rings is 1. The van der Waals surface area contributed by atoms with Crippen molar-refractivity contribution in [2.75, 3.05) is 0 Å². The Kier molecular flexibility index (Phi) is 3.33. The largest absolute Gasteiger partial charge is 0.329 e. The molecule has 3 nitrogen and oxygen atoms in total. The predicted octanol–water partition coefficient (Wildman–Crippen LogP) is 3.15. The second-order valence-corrected chi connectivity index (χ2v) is 4.85. The topological polar surface area (TPSA) is 26.9 Å². The zero-order valence-electron chi connectivity index (χ0n) is 11.5. The van der Waals surface area contributed by atoms with E-state index in [2.05, 4.69) is 0 Å². The lowest BCUT2D eigenvalue weighted by Crippen LogP contribution is -2.24. The van der Waals surface area contributed by atoms with Gasteiger partial charge in [0.2, 0.25) is 0 Å². The fraction of sp³-hybridized carbons (Fsp3) is 0.188.